The fourth-order valence-corrected chi connectivity index (χ4v) is 2.07. The van der Waals surface area contributed by atoms with Crippen LogP contribution in [0.2, 0.25) is 0 Å². The third-order valence-corrected chi connectivity index (χ3v) is 2.90. The van der Waals surface area contributed by atoms with Crippen LogP contribution < -0.4 is 0 Å². The second-order valence-corrected chi connectivity index (χ2v) is 3.93. The van der Waals surface area contributed by atoms with Crippen LogP contribution in [0.15, 0.2) is 24.3 Å². The molecule has 1 saturated heterocycles. The average molecular weight is 186 g/mol. The van der Waals surface area contributed by atoms with Crippen LogP contribution in [0.5, 0.6) is 0 Å². The van der Waals surface area contributed by atoms with E-state index in [1.54, 1.807) is 0 Å². The van der Waals surface area contributed by atoms with Crippen LogP contribution in [0.25, 0.3) is 0 Å². The van der Waals surface area contributed by atoms with E-state index in [9.17, 15) is 0 Å². The first-order chi connectivity index (χ1) is 6.90. The first-order valence-corrected chi connectivity index (χ1v) is 5.34. The zero-order valence-corrected chi connectivity index (χ0v) is 8.50. The molecule has 0 aliphatic carbocycles. The number of hydrogen-bond donors (Lipinski definition) is 0. The molecular weight excluding hydrogens is 170 g/mol. The van der Waals surface area contributed by atoms with Crippen LogP contribution in [0.3, 0.4) is 0 Å². The molecule has 1 aromatic rings. The van der Waals surface area contributed by atoms with Crippen LogP contribution >= 0.6 is 0 Å². The number of hydrogen-bond acceptors (Lipinski definition) is 1. The van der Waals surface area contributed by atoms with Crippen molar-refractivity contribution >= 4 is 0 Å². The Labute approximate surface area is 86.7 Å². The van der Waals surface area contributed by atoms with Crippen LogP contribution in [0.1, 0.15) is 24.0 Å². The summed E-state index contributed by atoms with van der Waals surface area (Å²) in [5.74, 6) is 0. The molecule has 0 unspecified atom stereocenters. The van der Waals surface area contributed by atoms with E-state index in [2.05, 4.69) is 23.1 Å². The van der Waals surface area contributed by atoms with Crippen molar-refractivity contribution in [3.05, 3.63) is 42.3 Å². The maximum atomic E-state index is 7.44. The maximum Gasteiger partial charge on any atom is 0.0236 e. The van der Waals surface area contributed by atoms with E-state index < -0.39 is 0 Å². The van der Waals surface area contributed by atoms with Gasteiger partial charge in [0.25, 0.3) is 0 Å². The average Bonchev–Trinajstić information content (AvgIpc) is 2.71. The van der Waals surface area contributed by atoms with Crippen molar-refractivity contribution in [3.63, 3.8) is 0 Å². The molecule has 0 saturated carbocycles. The SMILES string of the molecule is [C]Cc1ccccc1CN1CCCC1. The Morgan fingerprint density at radius 1 is 1.07 bits per heavy atom. The minimum absolute atomic E-state index is 0.407. The summed E-state index contributed by atoms with van der Waals surface area (Å²) in [6.07, 6.45) is 3.08. The molecule has 0 bridgehead atoms. The minimum Gasteiger partial charge on any atom is -0.299 e. The second-order valence-electron chi connectivity index (χ2n) is 3.93. The van der Waals surface area contributed by atoms with E-state index in [0.29, 0.717) is 6.42 Å². The van der Waals surface area contributed by atoms with E-state index in [-0.39, 0.29) is 0 Å². The van der Waals surface area contributed by atoms with Gasteiger partial charge in [0.2, 0.25) is 0 Å². The first kappa shape index (κ1) is 9.72. The van der Waals surface area contributed by atoms with Gasteiger partial charge in [-0.1, -0.05) is 24.3 Å². The summed E-state index contributed by atoms with van der Waals surface area (Å²) in [5, 5.41) is 0. The lowest BCUT2D eigenvalue weighted by Gasteiger charge is -2.16. The fourth-order valence-electron chi connectivity index (χ4n) is 2.07. The molecule has 0 spiro atoms. The third kappa shape index (κ3) is 2.16. The van der Waals surface area contributed by atoms with Crippen LogP contribution in [0.4, 0.5) is 0 Å². The van der Waals surface area contributed by atoms with Gasteiger partial charge in [-0.05, 0) is 50.4 Å². The largest absolute Gasteiger partial charge is 0.299 e. The van der Waals surface area contributed by atoms with E-state index in [1.165, 1.54) is 37.1 Å². The van der Waals surface area contributed by atoms with Gasteiger partial charge in [0.05, 0.1) is 0 Å². The zero-order chi connectivity index (χ0) is 9.80. The number of likely N-dealkylation sites (tertiary alicyclic amines) is 1. The molecule has 1 fully saturated rings. The molecule has 1 heterocycles. The molecule has 3 radical (unpaired) electrons. The van der Waals surface area contributed by atoms with E-state index in [1.807, 2.05) is 6.07 Å². The quantitative estimate of drug-likeness (QED) is 0.700. The van der Waals surface area contributed by atoms with Crippen molar-refractivity contribution < 1.29 is 0 Å². The van der Waals surface area contributed by atoms with Gasteiger partial charge in [0, 0.05) is 6.54 Å². The molecule has 1 heteroatoms. The Hall–Kier alpha value is -0.820. The summed E-state index contributed by atoms with van der Waals surface area (Å²) in [6.45, 7) is 10.9. The fraction of sp³-hybridized carbons (Fsp3) is 0.462. The number of benzene rings is 1. The summed E-state index contributed by atoms with van der Waals surface area (Å²) < 4.78 is 0. The highest BCUT2D eigenvalue weighted by molar-refractivity contribution is 5.27. The summed E-state index contributed by atoms with van der Waals surface area (Å²) in [5.41, 5.74) is 2.52. The normalized spacial score (nSPS) is 17.5. The molecule has 14 heavy (non-hydrogen) atoms. The lowest BCUT2D eigenvalue weighted by molar-refractivity contribution is 0.330. The van der Waals surface area contributed by atoms with E-state index >= 15 is 0 Å². The Morgan fingerprint density at radius 3 is 2.36 bits per heavy atom. The number of nitrogens with zero attached hydrogens (tertiary/aromatic N) is 1. The van der Waals surface area contributed by atoms with Crippen molar-refractivity contribution in [2.45, 2.75) is 25.8 Å². The highest BCUT2D eigenvalue weighted by Crippen LogP contribution is 2.16. The molecule has 2 rings (SSSR count). The van der Waals surface area contributed by atoms with Crippen LogP contribution in [0, 0.1) is 6.92 Å². The number of rotatable bonds is 3. The van der Waals surface area contributed by atoms with Crippen molar-refractivity contribution in [2.75, 3.05) is 13.1 Å². The lowest BCUT2D eigenvalue weighted by Crippen LogP contribution is -2.19. The predicted molar refractivity (Wildman–Crippen MR) is 57.9 cm³/mol. The Bertz CT molecular complexity index is 287. The Morgan fingerprint density at radius 2 is 1.71 bits per heavy atom. The molecule has 0 aromatic heterocycles. The van der Waals surface area contributed by atoms with Crippen molar-refractivity contribution in [3.8, 4) is 0 Å². The molecule has 0 N–H and O–H groups in total. The standard InChI is InChI=1S/C13H16N/c1-2-12-7-3-4-8-13(12)11-14-9-5-6-10-14/h3-4,7-8H,2,5-6,9-11H2. The lowest BCUT2D eigenvalue weighted by atomic mass is 10.1. The Kier molecular flexibility index (Phi) is 3.20. The van der Waals surface area contributed by atoms with Crippen molar-refractivity contribution in [1.29, 1.82) is 0 Å². The van der Waals surface area contributed by atoms with Gasteiger partial charge in [0.1, 0.15) is 0 Å². The Balaban J connectivity index is 2.07. The zero-order valence-electron chi connectivity index (χ0n) is 8.50. The molecule has 73 valence electrons. The molecule has 1 aliphatic heterocycles. The van der Waals surface area contributed by atoms with Crippen LogP contribution in [-0.4, -0.2) is 18.0 Å². The first-order valence-electron chi connectivity index (χ1n) is 5.34. The third-order valence-electron chi connectivity index (χ3n) is 2.90. The molecular formula is C13H16N. The molecule has 0 atom stereocenters. The summed E-state index contributed by atoms with van der Waals surface area (Å²) >= 11 is 0. The molecule has 1 nitrogen and oxygen atoms in total. The molecule has 1 aromatic carbocycles. The van der Waals surface area contributed by atoms with Crippen molar-refractivity contribution in [1.82, 2.24) is 4.90 Å². The van der Waals surface area contributed by atoms with E-state index in [4.69, 9.17) is 6.92 Å². The van der Waals surface area contributed by atoms with Gasteiger partial charge >= 0.3 is 0 Å². The second kappa shape index (κ2) is 4.61. The van der Waals surface area contributed by atoms with Crippen molar-refractivity contribution in [2.24, 2.45) is 0 Å². The summed E-state index contributed by atoms with van der Waals surface area (Å²) in [7, 11) is 0. The van der Waals surface area contributed by atoms with Gasteiger partial charge in [-0.25, -0.2) is 0 Å². The van der Waals surface area contributed by atoms with Gasteiger partial charge in [-0.3, -0.25) is 4.90 Å². The monoisotopic (exact) mass is 186 g/mol. The molecule has 1 aliphatic rings. The van der Waals surface area contributed by atoms with Crippen LogP contribution in [-0.2, 0) is 13.0 Å². The summed E-state index contributed by atoms with van der Waals surface area (Å²) in [6, 6.07) is 8.32. The highest BCUT2D eigenvalue weighted by atomic mass is 15.1. The molecule has 0 amide bonds. The van der Waals surface area contributed by atoms with Gasteiger partial charge < -0.3 is 0 Å². The topological polar surface area (TPSA) is 3.24 Å². The van der Waals surface area contributed by atoms with Gasteiger partial charge in [-0.15, -0.1) is 0 Å². The van der Waals surface area contributed by atoms with Gasteiger partial charge in [0.15, 0.2) is 0 Å². The highest BCUT2D eigenvalue weighted by Gasteiger charge is 2.12. The minimum atomic E-state index is 0.407. The predicted octanol–water partition coefficient (Wildman–Crippen LogP) is 2.41. The van der Waals surface area contributed by atoms with Gasteiger partial charge in [-0.2, -0.15) is 0 Å². The summed E-state index contributed by atoms with van der Waals surface area (Å²) in [4.78, 5) is 2.48. The smallest absolute Gasteiger partial charge is 0.0236 e. The maximum absolute atomic E-state index is 7.44. The van der Waals surface area contributed by atoms with E-state index in [0.717, 1.165) is 6.54 Å².